The molecule has 0 spiro atoms. The maximum Gasteiger partial charge on any atom is 0.291 e. The van der Waals surface area contributed by atoms with Crippen LogP contribution < -0.4 is 10.6 Å². The molecule has 1 unspecified atom stereocenters. The second-order valence-corrected chi connectivity index (χ2v) is 8.46. The number of carbonyl (C=O) groups is 1. The van der Waals surface area contributed by atoms with Gasteiger partial charge in [-0.1, -0.05) is 19.9 Å². The number of aromatic nitrogens is 2. The lowest BCUT2D eigenvalue weighted by Gasteiger charge is -2.17. The molecule has 0 fully saturated rings. The number of hydrogen-bond donors (Lipinski definition) is 2. The van der Waals surface area contributed by atoms with Gasteiger partial charge in [0.25, 0.3) is 5.91 Å². The summed E-state index contributed by atoms with van der Waals surface area (Å²) < 4.78 is 5.77. The van der Waals surface area contributed by atoms with Gasteiger partial charge < -0.3 is 15.1 Å². The van der Waals surface area contributed by atoms with Crippen LogP contribution in [0.4, 0.5) is 17.3 Å². The van der Waals surface area contributed by atoms with Crippen molar-refractivity contribution in [3.8, 4) is 0 Å². The van der Waals surface area contributed by atoms with Gasteiger partial charge in [-0.25, -0.2) is 9.97 Å². The Balaban J connectivity index is 1.44. The maximum absolute atomic E-state index is 12.8. The fraction of sp³-hybridized carbons (Fsp3) is 0.385. The van der Waals surface area contributed by atoms with Crippen LogP contribution in [0.5, 0.6) is 0 Å². The molecule has 1 amide bonds. The minimum Gasteiger partial charge on any atom is -0.455 e. The number of furan rings is 1. The van der Waals surface area contributed by atoms with Crippen LogP contribution in [0.25, 0.3) is 0 Å². The number of hydrogen-bond acceptors (Lipinski definition) is 7. The van der Waals surface area contributed by atoms with Crippen molar-refractivity contribution in [2.45, 2.75) is 46.1 Å². The summed E-state index contributed by atoms with van der Waals surface area (Å²) in [6.45, 7) is 9.52. The Morgan fingerprint density at radius 1 is 1.18 bits per heavy atom. The summed E-state index contributed by atoms with van der Waals surface area (Å²) in [5.74, 6) is 1.65. The van der Waals surface area contributed by atoms with E-state index in [2.05, 4.69) is 39.4 Å². The highest BCUT2D eigenvalue weighted by molar-refractivity contribution is 6.02. The largest absolute Gasteiger partial charge is 0.455 e. The predicted molar refractivity (Wildman–Crippen MR) is 135 cm³/mol. The van der Waals surface area contributed by atoms with Crippen LogP contribution in [0.1, 0.15) is 60.2 Å². The van der Waals surface area contributed by atoms with E-state index in [4.69, 9.17) is 9.40 Å². The molecule has 8 heteroatoms. The summed E-state index contributed by atoms with van der Waals surface area (Å²) in [6, 6.07) is 11.2. The van der Waals surface area contributed by atoms with Crippen molar-refractivity contribution in [2.75, 3.05) is 30.3 Å². The Labute approximate surface area is 200 Å². The number of rotatable bonds is 9. The quantitative estimate of drug-likeness (QED) is 0.458. The number of amides is 1. The number of benzene rings is 1. The second kappa shape index (κ2) is 11.1. The molecule has 3 aromatic rings. The summed E-state index contributed by atoms with van der Waals surface area (Å²) >= 11 is 0. The van der Waals surface area contributed by atoms with Crippen LogP contribution in [0.15, 0.2) is 52.0 Å². The Morgan fingerprint density at radius 3 is 2.79 bits per heavy atom. The van der Waals surface area contributed by atoms with Crippen LogP contribution in [0.3, 0.4) is 0 Å². The first-order valence-corrected chi connectivity index (χ1v) is 11.9. The fourth-order valence-electron chi connectivity index (χ4n) is 3.96. The molecule has 0 saturated carbocycles. The zero-order chi connectivity index (χ0) is 23.9. The first kappa shape index (κ1) is 23.6. The van der Waals surface area contributed by atoms with Crippen molar-refractivity contribution in [3.05, 3.63) is 65.4 Å². The molecule has 34 heavy (non-hydrogen) atoms. The van der Waals surface area contributed by atoms with Gasteiger partial charge in [-0.3, -0.25) is 14.7 Å². The van der Waals surface area contributed by atoms with E-state index in [0.29, 0.717) is 29.9 Å². The van der Waals surface area contributed by atoms with Crippen LogP contribution >= 0.6 is 0 Å². The molecule has 3 heterocycles. The molecule has 0 saturated heterocycles. The van der Waals surface area contributed by atoms with Gasteiger partial charge in [0.15, 0.2) is 5.76 Å². The van der Waals surface area contributed by atoms with Crippen LogP contribution in [0.2, 0.25) is 0 Å². The molecule has 1 atom stereocenters. The molecule has 0 radical (unpaired) electrons. The molecule has 4 rings (SSSR count). The number of nitrogens with zero attached hydrogens (tertiary/aromatic N) is 4. The standard InChI is InChI=1S/C26H32N6O2/c1-4-32(5-2)17-21-10-11-24(34-21)25(33)29-20-9-8-18(3)23(15-20)31-26-28-14-12-22(30-26)19-7-6-13-27-16-19/h8-15,19H,4-7,16-17H2,1-3H3,(H,29,33)(H,28,30,31). The molecule has 2 aromatic heterocycles. The lowest BCUT2D eigenvalue weighted by Crippen LogP contribution is -2.21. The maximum atomic E-state index is 12.8. The van der Waals surface area contributed by atoms with E-state index in [1.54, 1.807) is 12.3 Å². The van der Waals surface area contributed by atoms with E-state index in [-0.39, 0.29) is 5.91 Å². The number of nitrogens with one attached hydrogen (secondary N) is 2. The zero-order valence-corrected chi connectivity index (χ0v) is 20.0. The van der Waals surface area contributed by atoms with Crippen LogP contribution in [-0.2, 0) is 6.54 Å². The summed E-state index contributed by atoms with van der Waals surface area (Å²) in [5.41, 5.74) is 3.51. The average Bonchev–Trinajstić information content (AvgIpc) is 3.34. The van der Waals surface area contributed by atoms with E-state index in [0.717, 1.165) is 55.2 Å². The molecule has 178 valence electrons. The predicted octanol–water partition coefficient (Wildman–Crippen LogP) is 5.16. The van der Waals surface area contributed by atoms with E-state index >= 15 is 0 Å². The lowest BCUT2D eigenvalue weighted by atomic mass is 9.98. The number of carbonyl (C=O) groups excluding carboxylic acids is 1. The molecule has 1 aliphatic rings. The Bertz CT molecular complexity index is 1150. The monoisotopic (exact) mass is 460 g/mol. The third kappa shape index (κ3) is 5.88. The van der Waals surface area contributed by atoms with Crippen molar-refractivity contribution in [1.82, 2.24) is 14.9 Å². The van der Waals surface area contributed by atoms with Gasteiger partial charge in [0, 0.05) is 30.0 Å². The SMILES string of the molecule is CCN(CC)Cc1ccc(C(=O)Nc2ccc(C)c(Nc3nccc(C4CCC=NC4)n3)c2)o1. The topological polar surface area (TPSA) is 95.7 Å². The van der Waals surface area contributed by atoms with Gasteiger partial charge >= 0.3 is 0 Å². The summed E-state index contributed by atoms with van der Waals surface area (Å²) in [4.78, 5) is 28.5. The molecular weight excluding hydrogens is 428 g/mol. The number of aliphatic imine (C=N–C) groups is 1. The third-order valence-electron chi connectivity index (χ3n) is 6.10. The van der Waals surface area contributed by atoms with Gasteiger partial charge in [-0.05, 0) is 75.0 Å². The summed E-state index contributed by atoms with van der Waals surface area (Å²) in [6.07, 6.45) is 5.78. The Kier molecular flexibility index (Phi) is 7.69. The molecule has 0 bridgehead atoms. The average molecular weight is 461 g/mol. The highest BCUT2D eigenvalue weighted by Crippen LogP contribution is 2.26. The molecular formula is C26H32N6O2. The van der Waals surface area contributed by atoms with Crippen molar-refractivity contribution in [1.29, 1.82) is 0 Å². The third-order valence-corrected chi connectivity index (χ3v) is 6.10. The lowest BCUT2D eigenvalue weighted by molar-refractivity contribution is 0.0993. The van der Waals surface area contributed by atoms with Gasteiger partial charge in [0.05, 0.1) is 12.2 Å². The normalized spacial score (nSPS) is 15.5. The molecule has 0 aliphatic carbocycles. The van der Waals surface area contributed by atoms with E-state index in [1.807, 2.05) is 43.5 Å². The smallest absolute Gasteiger partial charge is 0.291 e. The van der Waals surface area contributed by atoms with E-state index in [9.17, 15) is 4.79 Å². The van der Waals surface area contributed by atoms with Crippen molar-refractivity contribution < 1.29 is 9.21 Å². The number of anilines is 3. The van der Waals surface area contributed by atoms with Crippen molar-refractivity contribution in [3.63, 3.8) is 0 Å². The van der Waals surface area contributed by atoms with Gasteiger partial charge in [-0.2, -0.15) is 0 Å². The van der Waals surface area contributed by atoms with Crippen molar-refractivity contribution >= 4 is 29.4 Å². The second-order valence-electron chi connectivity index (χ2n) is 8.46. The molecule has 1 aliphatic heterocycles. The molecule has 2 N–H and O–H groups in total. The minimum absolute atomic E-state index is 0.281. The zero-order valence-electron chi connectivity index (χ0n) is 20.0. The molecule has 8 nitrogen and oxygen atoms in total. The highest BCUT2D eigenvalue weighted by Gasteiger charge is 2.16. The first-order chi connectivity index (χ1) is 16.6. The van der Waals surface area contributed by atoms with Gasteiger partial charge in [0.2, 0.25) is 5.95 Å². The highest BCUT2D eigenvalue weighted by atomic mass is 16.4. The first-order valence-electron chi connectivity index (χ1n) is 11.9. The Morgan fingerprint density at radius 2 is 2.03 bits per heavy atom. The Hall–Kier alpha value is -3.52. The summed E-state index contributed by atoms with van der Waals surface area (Å²) in [5, 5.41) is 6.23. The minimum atomic E-state index is -0.281. The van der Waals surface area contributed by atoms with Gasteiger partial charge in [0.1, 0.15) is 5.76 Å². The fourth-order valence-corrected chi connectivity index (χ4v) is 3.96. The van der Waals surface area contributed by atoms with Gasteiger partial charge in [-0.15, -0.1) is 0 Å². The van der Waals surface area contributed by atoms with Crippen molar-refractivity contribution in [2.24, 2.45) is 4.99 Å². The summed E-state index contributed by atoms with van der Waals surface area (Å²) in [7, 11) is 0. The van der Waals surface area contributed by atoms with Crippen LogP contribution in [-0.4, -0.2) is 46.6 Å². The van der Waals surface area contributed by atoms with E-state index in [1.165, 1.54) is 0 Å². The number of aryl methyl sites for hydroxylation is 1. The van der Waals surface area contributed by atoms with Crippen LogP contribution in [0, 0.1) is 6.92 Å². The van der Waals surface area contributed by atoms with E-state index < -0.39 is 0 Å². The molecule has 1 aromatic carbocycles.